The van der Waals surface area contributed by atoms with E-state index in [2.05, 4.69) is 27.5 Å². The molecule has 2 atom stereocenters. The van der Waals surface area contributed by atoms with E-state index in [4.69, 9.17) is 29.8 Å². The van der Waals surface area contributed by atoms with Crippen molar-refractivity contribution < 1.29 is 24.1 Å². The Morgan fingerprint density at radius 1 is 0.918 bits per heavy atom. The van der Waals surface area contributed by atoms with Crippen molar-refractivity contribution in [2.45, 2.75) is 57.4 Å². The maximum Gasteiger partial charge on any atom is 0.252 e. The van der Waals surface area contributed by atoms with Gasteiger partial charge in [-0.05, 0) is 77.9 Å². The Hall–Kier alpha value is -5.15. The molecule has 5 rings (SSSR count). The molecule has 49 heavy (non-hydrogen) atoms. The third-order valence-corrected chi connectivity index (χ3v) is 8.29. The van der Waals surface area contributed by atoms with E-state index >= 15 is 0 Å². The van der Waals surface area contributed by atoms with Gasteiger partial charge in [-0.1, -0.05) is 84.0 Å². The molecule has 1 heterocycles. The molecule has 10 nitrogen and oxygen atoms in total. The summed E-state index contributed by atoms with van der Waals surface area (Å²) in [5.41, 5.74) is 12.9. The van der Waals surface area contributed by atoms with Gasteiger partial charge in [-0.3, -0.25) is 4.79 Å². The van der Waals surface area contributed by atoms with Crippen molar-refractivity contribution in [3.63, 3.8) is 0 Å². The molecule has 0 aromatic heterocycles. The fourth-order valence-corrected chi connectivity index (χ4v) is 5.79. The Balaban J connectivity index is 1.56. The van der Waals surface area contributed by atoms with Gasteiger partial charge < -0.3 is 24.6 Å². The average Bonchev–Trinajstić information content (AvgIpc) is 3.52. The predicted octanol–water partition coefficient (Wildman–Crippen LogP) is 7.36. The second-order valence-corrected chi connectivity index (χ2v) is 12.1. The van der Waals surface area contributed by atoms with Gasteiger partial charge in [0.25, 0.3) is 5.91 Å². The second kappa shape index (κ2) is 17.3. The number of benzene rings is 4. The first-order chi connectivity index (χ1) is 23.9. The zero-order chi connectivity index (χ0) is 34.5. The van der Waals surface area contributed by atoms with Crippen LogP contribution in [0.15, 0.2) is 113 Å². The standard InChI is InChI=1S/C39H43N5O5/c1-28(2)47-24-8-22-41-38(46)39(26-33-12-6-7-13-34(33)27-42-44-40)36(31-16-14-30(15-17-31)29-10-4-3-5-11-29)49-37(43-39)32-18-20-35(21-19-32)48-25-9-23-45/h3-7,10-21,28,36,45H,8-9,22-27H2,1-2H3,(H,41,46)/t36-,39-/m1/s1. The minimum absolute atomic E-state index is 0.0529. The minimum atomic E-state index is -1.40. The highest BCUT2D eigenvalue weighted by atomic mass is 16.5. The largest absolute Gasteiger partial charge is 0.494 e. The highest BCUT2D eigenvalue weighted by Gasteiger charge is 2.53. The van der Waals surface area contributed by atoms with Crippen molar-refractivity contribution >= 4 is 11.8 Å². The molecule has 0 spiro atoms. The van der Waals surface area contributed by atoms with Crippen LogP contribution in [0.2, 0.25) is 0 Å². The van der Waals surface area contributed by atoms with E-state index in [9.17, 15) is 4.79 Å². The number of ether oxygens (including phenoxy) is 3. The molecule has 0 saturated heterocycles. The summed E-state index contributed by atoms with van der Waals surface area (Å²) >= 11 is 0. The van der Waals surface area contributed by atoms with Gasteiger partial charge in [-0.25, -0.2) is 4.99 Å². The lowest BCUT2D eigenvalue weighted by molar-refractivity contribution is -0.129. The molecular formula is C39H43N5O5. The normalized spacial score (nSPS) is 16.8. The van der Waals surface area contributed by atoms with Gasteiger partial charge in [-0.15, -0.1) is 0 Å². The number of nitrogens with one attached hydrogen (secondary N) is 1. The summed E-state index contributed by atoms with van der Waals surface area (Å²) in [4.78, 5) is 22.7. The van der Waals surface area contributed by atoms with E-state index in [0.29, 0.717) is 49.8 Å². The van der Waals surface area contributed by atoms with Crippen molar-refractivity contribution in [3.8, 4) is 16.9 Å². The van der Waals surface area contributed by atoms with Crippen LogP contribution in [-0.2, 0) is 27.2 Å². The molecule has 4 aromatic rings. The van der Waals surface area contributed by atoms with Gasteiger partial charge in [0, 0.05) is 43.1 Å². The smallest absolute Gasteiger partial charge is 0.252 e. The molecule has 10 heteroatoms. The van der Waals surface area contributed by atoms with Crippen LogP contribution in [0.25, 0.3) is 21.6 Å². The fourth-order valence-electron chi connectivity index (χ4n) is 5.79. The number of nitrogens with zero attached hydrogens (tertiary/aromatic N) is 4. The zero-order valence-corrected chi connectivity index (χ0v) is 28.0. The molecule has 0 fully saturated rings. The van der Waals surface area contributed by atoms with E-state index < -0.39 is 11.6 Å². The van der Waals surface area contributed by atoms with Crippen LogP contribution in [0.1, 0.15) is 55.0 Å². The Labute approximate surface area is 287 Å². The summed E-state index contributed by atoms with van der Waals surface area (Å²) in [6.07, 6.45) is 0.700. The fraction of sp³-hybridized carbons (Fsp3) is 0.333. The number of azide groups is 1. The molecule has 0 bridgehead atoms. The number of rotatable bonds is 17. The molecule has 254 valence electrons. The second-order valence-electron chi connectivity index (χ2n) is 12.1. The summed E-state index contributed by atoms with van der Waals surface area (Å²) < 4.78 is 18.2. The number of carbonyl (C=O) groups is 1. The van der Waals surface area contributed by atoms with E-state index in [1.807, 2.05) is 105 Å². The maximum atomic E-state index is 14.6. The predicted molar refractivity (Wildman–Crippen MR) is 190 cm³/mol. The Bertz CT molecular complexity index is 1740. The van der Waals surface area contributed by atoms with Gasteiger partial charge in [0.1, 0.15) is 5.75 Å². The topological polar surface area (TPSA) is 138 Å². The minimum Gasteiger partial charge on any atom is -0.494 e. The number of hydrogen-bond acceptors (Lipinski definition) is 7. The lowest BCUT2D eigenvalue weighted by Crippen LogP contribution is -2.50. The lowest BCUT2D eigenvalue weighted by atomic mass is 9.80. The van der Waals surface area contributed by atoms with Crippen molar-refractivity contribution in [1.29, 1.82) is 0 Å². The molecule has 1 aliphatic heterocycles. The van der Waals surface area contributed by atoms with Gasteiger partial charge >= 0.3 is 0 Å². The molecule has 1 aliphatic rings. The van der Waals surface area contributed by atoms with Crippen molar-refractivity contribution in [2.75, 3.05) is 26.4 Å². The Kier molecular flexibility index (Phi) is 12.4. The first kappa shape index (κ1) is 35.2. The Morgan fingerprint density at radius 2 is 1.59 bits per heavy atom. The monoisotopic (exact) mass is 661 g/mol. The number of hydrogen-bond donors (Lipinski definition) is 2. The molecule has 0 unspecified atom stereocenters. The van der Waals surface area contributed by atoms with Crippen molar-refractivity contribution in [1.82, 2.24) is 5.32 Å². The van der Waals surface area contributed by atoms with Gasteiger partial charge in [-0.2, -0.15) is 0 Å². The third kappa shape index (κ3) is 9.06. The average molecular weight is 662 g/mol. The molecule has 0 saturated carbocycles. The number of aliphatic hydroxyl groups is 1. The number of aliphatic imine (C=N–C) groups is 1. The zero-order valence-electron chi connectivity index (χ0n) is 28.0. The summed E-state index contributed by atoms with van der Waals surface area (Å²) in [5.74, 6) is 0.722. The molecule has 1 amide bonds. The molecule has 4 aromatic carbocycles. The van der Waals surface area contributed by atoms with E-state index in [0.717, 1.165) is 27.8 Å². The highest BCUT2D eigenvalue weighted by Crippen LogP contribution is 2.43. The molecule has 0 aliphatic carbocycles. The van der Waals surface area contributed by atoms with E-state index in [-0.39, 0.29) is 31.6 Å². The van der Waals surface area contributed by atoms with Gasteiger partial charge in [0.15, 0.2) is 11.6 Å². The first-order valence-corrected chi connectivity index (χ1v) is 16.7. The Morgan fingerprint density at radius 3 is 2.29 bits per heavy atom. The van der Waals surface area contributed by atoms with Gasteiger partial charge in [0.2, 0.25) is 5.90 Å². The van der Waals surface area contributed by atoms with E-state index in [1.165, 1.54) is 0 Å². The number of aliphatic hydroxyl groups excluding tert-OH is 1. The molecular weight excluding hydrogens is 618 g/mol. The van der Waals surface area contributed by atoms with Crippen molar-refractivity contribution in [3.05, 3.63) is 136 Å². The van der Waals surface area contributed by atoms with Crippen LogP contribution in [0.5, 0.6) is 5.75 Å². The van der Waals surface area contributed by atoms with Crippen LogP contribution in [0.3, 0.4) is 0 Å². The molecule has 0 radical (unpaired) electrons. The summed E-state index contributed by atoms with van der Waals surface area (Å²) in [6, 6.07) is 33.2. The lowest BCUT2D eigenvalue weighted by Gasteiger charge is -2.31. The van der Waals surface area contributed by atoms with Crippen LogP contribution >= 0.6 is 0 Å². The number of amides is 1. The van der Waals surface area contributed by atoms with Crippen LogP contribution in [0, 0.1) is 0 Å². The van der Waals surface area contributed by atoms with E-state index in [1.54, 1.807) is 0 Å². The first-order valence-electron chi connectivity index (χ1n) is 16.7. The van der Waals surface area contributed by atoms with Gasteiger partial charge in [0.05, 0.1) is 19.3 Å². The summed E-state index contributed by atoms with van der Waals surface area (Å²) in [7, 11) is 0. The SMILES string of the molecule is CC(C)OCCCNC(=O)[C@]1(Cc2ccccc2CN=[N+]=[N-])N=C(c2ccc(OCCCO)cc2)O[C@@H]1c1ccc(-c2ccccc2)cc1. The molecule has 2 N–H and O–H groups in total. The van der Waals surface area contributed by atoms with Crippen LogP contribution < -0.4 is 10.1 Å². The number of carbonyl (C=O) groups excluding carboxylic acids is 1. The van der Waals surface area contributed by atoms with Crippen molar-refractivity contribution in [2.24, 2.45) is 10.1 Å². The van der Waals surface area contributed by atoms with Crippen LogP contribution in [0.4, 0.5) is 0 Å². The maximum absolute atomic E-state index is 14.6. The highest BCUT2D eigenvalue weighted by molar-refractivity contribution is 6.01. The summed E-state index contributed by atoms with van der Waals surface area (Å²) in [6.45, 7) is 5.47. The van der Waals surface area contributed by atoms with Crippen LogP contribution in [-0.4, -0.2) is 54.9 Å². The third-order valence-electron chi connectivity index (χ3n) is 8.29. The summed E-state index contributed by atoms with van der Waals surface area (Å²) in [5, 5.41) is 16.1. The quantitative estimate of drug-likeness (QED) is 0.0527.